The van der Waals surface area contributed by atoms with Crippen LogP contribution < -0.4 is 19.6 Å². The molecule has 1 N–H and O–H groups in total. The van der Waals surface area contributed by atoms with E-state index in [2.05, 4.69) is 10.5 Å². The molecule has 0 bridgehead atoms. The van der Waals surface area contributed by atoms with E-state index in [9.17, 15) is 9.59 Å². The van der Waals surface area contributed by atoms with Crippen LogP contribution in [0, 0.1) is 6.92 Å². The molecule has 0 saturated heterocycles. The number of carbonyl (C=O) groups is 2. The van der Waals surface area contributed by atoms with Gasteiger partial charge in [-0.1, -0.05) is 41.4 Å². The van der Waals surface area contributed by atoms with Crippen molar-refractivity contribution in [3.8, 4) is 17.2 Å². The molecular formula is C24H21ClN2O5. The predicted molar refractivity (Wildman–Crippen MR) is 122 cm³/mol. The average Bonchev–Trinajstić information content (AvgIpc) is 2.79. The van der Waals surface area contributed by atoms with Gasteiger partial charge in [0.1, 0.15) is 5.75 Å². The highest BCUT2D eigenvalue weighted by molar-refractivity contribution is 6.32. The van der Waals surface area contributed by atoms with Gasteiger partial charge in [0.05, 0.1) is 23.9 Å². The Hall–Kier alpha value is -3.84. The molecule has 7 nitrogen and oxygen atoms in total. The lowest BCUT2D eigenvalue weighted by Crippen LogP contribution is -2.24. The quantitative estimate of drug-likeness (QED) is 0.237. The number of nitrogens with one attached hydrogen (secondary N) is 1. The van der Waals surface area contributed by atoms with Crippen LogP contribution in [0.1, 0.15) is 21.5 Å². The fraction of sp³-hybridized carbons (Fsp3) is 0.125. The van der Waals surface area contributed by atoms with Crippen molar-refractivity contribution in [1.82, 2.24) is 5.43 Å². The maximum atomic E-state index is 12.3. The Bertz CT molecular complexity index is 1130. The van der Waals surface area contributed by atoms with Crippen molar-refractivity contribution >= 4 is 29.7 Å². The molecule has 3 aromatic carbocycles. The SMILES string of the molecule is COc1cc(/C=N/NC(=O)COc2ccccc2Cl)ccc1OC(=O)c1ccc(C)cc1. The maximum Gasteiger partial charge on any atom is 0.343 e. The molecule has 0 aromatic heterocycles. The van der Waals surface area contributed by atoms with Crippen molar-refractivity contribution in [2.45, 2.75) is 6.92 Å². The molecule has 0 heterocycles. The van der Waals surface area contributed by atoms with Crippen molar-refractivity contribution < 1.29 is 23.8 Å². The third-order valence-corrected chi connectivity index (χ3v) is 4.59. The van der Waals surface area contributed by atoms with Gasteiger partial charge in [0.25, 0.3) is 5.91 Å². The Morgan fingerprint density at radius 2 is 1.75 bits per heavy atom. The summed E-state index contributed by atoms with van der Waals surface area (Å²) in [6, 6.07) is 18.8. The van der Waals surface area contributed by atoms with E-state index in [1.54, 1.807) is 54.6 Å². The zero-order valence-electron chi connectivity index (χ0n) is 17.5. The molecule has 3 aromatic rings. The van der Waals surface area contributed by atoms with E-state index in [0.29, 0.717) is 27.6 Å². The Morgan fingerprint density at radius 1 is 1.00 bits per heavy atom. The summed E-state index contributed by atoms with van der Waals surface area (Å²) in [6.07, 6.45) is 1.43. The van der Waals surface area contributed by atoms with Gasteiger partial charge in [-0.15, -0.1) is 0 Å². The molecule has 0 atom stereocenters. The van der Waals surface area contributed by atoms with Crippen LogP contribution in [0.2, 0.25) is 5.02 Å². The summed E-state index contributed by atoms with van der Waals surface area (Å²) >= 11 is 5.98. The summed E-state index contributed by atoms with van der Waals surface area (Å²) in [5, 5.41) is 4.31. The van der Waals surface area contributed by atoms with Gasteiger partial charge >= 0.3 is 5.97 Å². The lowest BCUT2D eigenvalue weighted by molar-refractivity contribution is -0.123. The molecule has 3 rings (SSSR count). The Balaban J connectivity index is 1.57. The molecule has 0 aliphatic carbocycles. The topological polar surface area (TPSA) is 86.2 Å². The molecule has 8 heteroatoms. The van der Waals surface area contributed by atoms with Crippen LogP contribution in [0.4, 0.5) is 0 Å². The van der Waals surface area contributed by atoms with Crippen molar-refractivity contribution in [1.29, 1.82) is 0 Å². The first-order valence-electron chi connectivity index (χ1n) is 9.62. The van der Waals surface area contributed by atoms with Gasteiger partial charge in [-0.3, -0.25) is 4.79 Å². The maximum absolute atomic E-state index is 12.3. The lowest BCUT2D eigenvalue weighted by atomic mass is 10.1. The van der Waals surface area contributed by atoms with Crippen molar-refractivity contribution in [3.05, 3.63) is 88.4 Å². The summed E-state index contributed by atoms with van der Waals surface area (Å²) in [7, 11) is 1.47. The Morgan fingerprint density at radius 3 is 2.47 bits per heavy atom. The number of amides is 1. The predicted octanol–water partition coefficient (Wildman–Crippen LogP) is 4.41. The fourth-order valence-corrected chi connectivity index (χ4v) is 2.80. The minimum Gasteiger partial charge on any atom is -0.493 e. The van der Waals surface area contributed by atoms with Crippen LogP contribution in [0.15, 0.2) is 71.8 Å². The van der Waals surface area contributed by atoms with E-state index in [1.165, 1.54) is 13.3 Å². The number of ether oxygens (including phenoxy) is 3. The highest BCUT2D eigenvalue weighted by Crippen LogP contribution is 2.28. The molecule has 32 heavy (non-hydrogen) atoms. The minimum absolute atomic E-state index is 0.238. The molecule has 1 amide bonds. The van der Waals surface area contributed by atoms with Crippen LogP contribution >= 0.6 is 11.6 Å². The minimum atomic E-state index is -0.490. The highest BCUT2D eigenvalue weighted by atomic mass is 35.5. The van der Waals surface area contributed by atoms with Crippen LogP contribution in [0.25, 0.3) is 0 Å². The van der Waals surface area contributed by atoms with Crippen molar-refractivity contribution in [3.63, 3.8) is 0 Å². The van der Waals surface area contributed by atoms with Crippen molar-refractivity contribution in [2.24, 2.45) is 5.10 Å². The first-order chi connectivity index (χ1) is 15.5. The second-order valence-corrected chi connectivity index (χ2v) is 7.09. The van der Waals surface area contributed by atoms with Gasteiger partial charge in [-0.05, 0) is 55.0 Å². The number of methoxy groups -OCH3 is 1. The van der Waals surface area contributed by atoms with Gasteiger partial charge in [0, 0.05) is 0 Å². The normalized spacial score (nSPS) is 10.6. The molecule has 0 aliphatic heterocycles. The van der Waals surface area contributed by atoms with Crippen LogP contribution in [0.3, 0.4) is 0 Å². The second kappa shape index (κ2) is 11.0. The summed E-state index contributed by atoms with van der Waals surface area (Å²) in [5.41, 5.74) is 4.48. The number of hydrazone groups is 1. The van der Waals surface area contributed by atoms with Gasteiger partial charge in [-0.25, -0.2) is 10.2 Å². The number of nitrogens with zero attached hydrogens (tertiary/aromatic N) is 1. The molecular weight excluding hydrogens is 432 g/mol. The lowest BCUT2D eigenvalue weighted by Gasteiger charge is -2.10. The van der Waals surface area contributed by atoms with Gasteiger partial charge in [-0.2, -0.15) is 5.10 Å². The number of rotatable bonds is 8. The molecule has 0 fully saturated rings. The summed E-state index contributed by atoms with van der Waals surface area (Å²) in [6.45, 7) is 1.70. The summed E-state index contributed by atoms with van der Waals surface area (Å²) < 4.78 is 16.1. The van der Waals surface area contributed by atoms with Gasteiger partial charge in [0.2, 0.25) is 0 Å². The zero-order chi connectivity index (χ0) is 22.9. The van der Waals surface area contributed by atoms with E-state index >= 15 is 0 Å². The average molecular weight is 453 g/mol. The molecule has 0 radical (unpaired) electrons. The third-order valence-electron chi connectivity index (χ3n) is 4.28. The second-order valence-electron chi connectivity index (χ2n) is 6.68. The van der Waals surface area contributed by atoms with Gasteiger partial charge < -0.3 is 14.2 Å². The molecule has 0 saturated carbocycles. The van der Waals surface area contributed by atoms with Crippen LogP contribution in [-0.2, 0) is 4.79 Å². The smallest absolute Gasteiger partial charge is 0.343 e. The Kier molecular flexibility index (Phi) is 7.83. The third kappa shape index (κ3) is 6.33. The molecule has 164 valence electrons. The first kappa shape index (κ1) is 22.8. The highest BCUT2D eigenvalue weighted by Gasteiger charge is 2.13. The number of hydrogen-bond acceptors (Lipinski definition) is 6. The van der Waals surface area contributed by atoms with E-state index in [1.807, 2.05) is 19.1 Å². The monoisotopic (exact) mass is 452 g/mol. The standard InChI is InChI=1S/C24H21ClN2O5/c1-16-7-10-18(11-8-16)24(29)32-21-12-9-17(13-22(21)30-2)14-26-27-23(28)15-31-20-6-4-3-5-19(20)25/h3-14H,15H2,1-2H3,(H,27,28)/b26-14+. The largest absolute Gasteiger partial charge is 0.493 e. The zero-order valence-corrected chi connectivity index (χ0v) is 18.3. The van der Waals surface area contributed by atoms with Crippen LogP contribution in [0.5, 0.6) is 17.2 Å². The van der Waals surface area contributed by atoms with E-state index in [0.717, 1.165) is 5.56 Å². The molecule has 0 spiro atoms. The molecule has 0 aliphatic rings. The van der Waals surface area contributed by atoms with Gasteiger partial charge in [0.15, 0.2) is 18.1 Å². The number of esters is 1. The number of hydrogen-bond donors (Lipinski definition) is 1. The van der Waals surface area contributed by atoms with E-state index in [-0.39, 0.29) is 12.4 Å². The van der Waals surface area contributed by atoms with E-state index in [4.69, 9.17) is 25.8 Å². The number of benzene rings is 3. The molecule has 0 unspecified atom stereocenters. The number of para-hydroxylation sites is 1. The number of carbonyl (C=O) groups excluding carboxylic acids is 2. The summed E-state index contributed by atoms with van der Waals surface area (Å²) in [4.78, 5) is 24.2. The first-order valence-corrected chi connectivity index (χ1v) is 10.00. The van der Waals surface area contributed by atoms with E-state index < -0.39 is 11.9 Å². The fourth-order valence-electron chi connectivity index (χ4n) is 2.61. The van der Waals surface area contributed by atoms with Crippen LogP contribution in [-0.4, -0.2) is 31.8 Å². The van der Waals surface area contributed by atoms with Crippen molar-refractivity contribution in [2.75, 3.05) is 13.7 Å². The Labute approximate surface area is 190 Å². The summed E-state index contributed by atoms with van der Waals surface area (Å²) in [5.74, 6) is 0.0938. The number of halogens is 1. The number of aryl methyl sites for hydroxylation is 1.